The lowest BCUT2D eigenvalue weighted by Crippen LogP contribution is -2.69. The van der Waals surface area contributed by atoms with Crippen molar-refractivity contribution in [3.8, 4) is 0 Å². The lowest BCUT2D eigenvalue weighted by atomic mass is 9.70. The number of carbonyl (C=O) groups is 3. The molecule has 0 radical (unpaired) electrons. The standard InChI is InChI=1S/C21H28N4O4/c1-20(2,10-22)21(29)11-24(12-21)8-13-4-3-5-14-15(13)9-25(19(14)28)16-6-7-17(26)23-18(16)27/h3-5,16,29H,6-12,22H2,1-2H3,(H,23,26,27). The van der Waals surface area contributed by atoms with Crippen molar-refractivity contribution in [3.63, 3.8) is 0 Å². The van der Waals surface area contributed by atoms with Crippen LogP contribution < -0.4 is 11.1 Å². The van der Waals surface area contributed by atoms with E-state index in [-0.39, 0.29) is 23.7 Å². The molecule has 0 aromatic heterocycles. The highest BCUT2D eigenvalue weighted by Crippen LogP contribution is 2.39. The minimum absolute atomic E-state index is 0.166. The number of nitrogens with two attached hydrogens (primary N) is 1. The van der Waals surface area contributed by atoms with Gasteiger partial charge in [0.25, 0.3) is 5.91 Å². The highest BCUT2D eigenvalue weighted by Gasteiger charge is 2.51. The molecular weight excluding hydrogens is 372 g/mol. The van der Waals surface area contributed by atoms with Gasteiger partial charge in [-0.1, -0.05) is 26.0 Å². The summed E-state index contributed by atoms with van der Waals surface area (Å²) in [7, 11) is 0. The summed E-state index contributed by atoms with van der Waals surface area (Å²) in [4.78, 5) is 40.3. The van der Waals surface area contributed by atoms with Gasteiger partial charge >= 0.3 is 0 Å². The third-order valence-corrected chi connectivity index (χ3v) is 6.81. The van der Waals surface area contributed by atoms with Crippen LogP contribution in [0.4, 0.5) is 0 Å². The molecule has 0 aliphatic carbocycles. The number of fused-ring (bicyclic) bond motifs is 1. The number of hydrogen-bond acceptors (Lipinski definition) is 6. The van der Waals surface area contributed by atoms with E-state index in [2.05, 4.69) is 10.2 Å². The van der Waals surface area contributed by atoms with Crippen molar-refractivity contribution < 1.29 is 19.5 Å². The van der Waals surface area contributed by atoms with Crippen LogP contribution in [0, 0.1) is 5.41 Å². The monoisotopic (exact) mass is 400 g/mol. The molecule has 0 saturated carbocycles. The van der Waals surface area contributed by atoms with Gasteiger partial charge in [0.15, 0.2) is 0 Å². The molecule has 156 valence electrons. The summed E-state index contributed by atoms with van der Waals surface area (Å²) >= 11 is 0. The van der Waals surface area contributed by atoms with Crippen molar-refractivity contribution in [1.29, 1.82) is 0 Å². The number of benzene rings is 1. The second-order valence-corrected chi connectivity index (χ2v) is 9.11. The molecule has 0 spiro atoms. The summed E-state index contributed by atoms with van der Waals surface area (Å²) in [5, 5.41) is 13.2. The predicted octanol–water partition coefficient (Wildman–Crippen LogP) is -0.0208. The Balaban J connectivity index is 1.48. The molecule has 3 heterocycles. The number of nitrogens with one attached hydrogen (secondary N) is 1. The van der Waals surface area contributed by atoms with Crippen molar-refractivity contribution in [3.05, 3.63) is 34.9 Å². The number of rotatable bonds is 5. The van der Waals surface area contributed by atoms with Gasteiger partial charge in [-0.3, -0.25) is 24.6 Å². The summed E-state index contributed by atoms with van der Waals surface area (Å²) in [6.45, 7) is 6.42. The minimum atomic E-state index is -0.811. The largest absolute Gasteiger partial charge is 0.387 e. The molecule has 2 saturated heterocycles. The Morgan fingerprint density at radius 3 is 2.66 bits per heavy atom. The molecule has 4 rings (SSSR count). The topological polar surface area (TPSA) is 116 Å². The Bertz CT molecular complexity index is 875. The van der Waals surface area contributed by atoms with Gasteiger partial charge in [-0.15, -0.1) is 0 Å². The summed E-state index contributed by atoms with van der Waals surface area (Å²) in [6.07, 6.45) is 0.597. The normalized spacial score (nSPS) is 24.3. The Morgan fingerprint density at radius 2 is 2.00 bits per heavy atom. The highest BCUT2D eigenvalue weighted by molar-refractivity contribution is 6.05. The second-order valence-electron chi connectivity index (χ2n) is 9.11. The van der Waals surface area contributed by atoms with E-state index in [4.69, 9.17) is 5.73 Å². The predicted molar refractivity (Wildman–Crippen MR) is 106 cm³/mol. The van der Waals surface area contributed by atoms with Gasteiger partial charge in [-0.25, -0.2) is 0 Å². The van der Waals surface area contributed by atoms with Gasteiger partial charge in [0, 0.05) is 50.1 Å². The van der Waals surface area contributed by atoms with Crippen LogP contribution in [0.15, 0.2) is 18.2 Å². The molecule has 1 atom stereocenters. The summed E-state index contributed by atoms with van der Waals surface area (Å²) < 4.78 is 0. The molecule has 8 nitrogen and oxygen atoms in total. The molecule has 1 aromatic carbocycles. The van der Waals surface area contributed by atoms with E-state index in [1.807, 2.05) is 26.0 Å². The van der Waals surface area contributed by atoms with Gasteiger partial charge in [-0.2, -0.15) is 0 Å². The maximum atomic E-state index is 12.9. The fraction of sp³-hybridized carbons (Fsp3) is 0.571. The Labute approximate surface area is 170 Å². The van der Waals surface area contributed by atoms with Crippen molar-refractivity contribution in [2.24, 2.45) is 11.1 Å². The molecule has 29 heavy (non-hydrogen) atoms. The van der Waals surface area contributed by atoms with Crippen LogP contribution >= 0.6 is 0 Å². The highest BCUT2D eigenvalue weighted by atomic mass is 16.3. The van der Waals surface area contributed by atoms with Crippen LogP contribution in [0.5, 0.6) is 0 Å². The van der Waals surface area contributed by atoms with Crippen molar-refractivity contribution in [2.45, 2.75) is 51.4 Å². The second kappa shape index (κ2) is 6.90. The third-order valence-electron chi connectivity index (χ3n) is 6.81. The average Bonchev–Trinajstić information content (AvgIpc) is 2.98. The van der Waals surface area contributed by atoms with E-state index in [1.165, 1.54) is 0 Å². The molecule has 3 aliphatic rings. The summed E-state index contributed by atoms with van der Waals surface area (Å²) in [5.74, 6) is -0.858. The van der Waals surface area contributed by atoms with E-state index in [0.717, 1.165) is 11.1 Å². The molecule has 1 aromatic rings. The van der Waals surface area contributed by atoms with E-state index >= 15 is 0 Å². The molecule has 8 heteroatoms. The van der Waals surface area contributed by atoms with Crippen molar-refractivity contribution in [1.82, 2.24) is 15.1 Å². The molecule has 3 amide bonds. The minimum Gasteiger partial charge on any atom is -0.387 e. The van der Waals surface area contributed by atoms with Gasteiger partial charge in [-0.05, 0) is 23.6 Å². The fourth-order valence-electron chi connectivity index (χ4n) is 4.46. The quantitative estimate of drug-likeness (QED) is 0.598. The Hall–Kier alpha value is -2.29. The lowest BCUT2D eigenvalue weighted by molar-refractivity contribution is -0.168. The zero-order valence-electron chi connectivity index (χ0n) is 16.9. The smallest absolute Gasteiger partial charge is 0.255 e. The fourth-order valence-corrected chi connectivity index (χ4v) is 4.46. The maximum Gasteiger partial charge on any atom is 0.255 e. The first kappa shape index (κ1) is 20.0. The molecular formula is C21H28N4O4. The number of aliphatic hydroxyl groups is 1. The molecule has 0 bridgehead atoms. The summed E-state index contributed by atoms with van der Waals surface area (Å²) in [5.41, 5.74) is 7.22. The van der Waals surface area contributed by atoms with Crippen LogP contribution in [0.1, 0.15) is 48.2 Å². The van der Waals surface area contributed by atoms with Crippen LogP contribution in [-0.2, 0) is 22.7 Å². The Kier molecular flexibility index (Phi) is 4.76. The van der Waals surface area contributed by atoms with Crippen molar-refractivity contribution in [2.75, 3.05) is 19.6 Å². The van der Waals surface area contributed by atoms with Crippen LogP contribution in [0.2, 0.25) is 0 Å². The van der Waals surface area contributed by atoms with E-state index in [9.17, 15) is 19.5 Å². The van der Waals surface area contributed by atoms with Crippen LogP contribution in [0.25, 0.3) is 0 Å². The first-order valence-electron chi connectivity index (χ1n) is 10.1. The molecule has 1 unspecified atom stereocenters. The number of likely N-dealkylation sites (tertiary alicyclic amines) is 1. The number of piperidine rings is 1. The zero-order chi connectivity index (χ0) is 21.0. The molecule has 3 aliphatic heterocycles. The number of hydrogen-bond donors (Lipinski definition) is 3. The van der Waals surface area contributed by atoms with Gasteiger partial charge < -0.3 is 15.7 Å². The van der Waals surface area contributed by atoms with Crippen LogP contribution in [-0.4, -0.2) is 63.9 Å². The number of amides is 3. The lowest BCUT2D eigenvalue weighted by Gasteiger charge is -2.54. The first-order valence-corrected chi connectivity index (χ1v) is 10.1. The average molecular weight is 400 g/mol. The number of nitrogens with zero attached hydrogens (tertiary/aromatic N) is 2. The SMILES string of the molecule is CC(C)(CN)C1(O)CN(Cc2cccc3c2CN(C2CCC(=O)NC2=O)C3=O)C1. The first-order chi connectivity index (χ1) is 13.6. The van der Waals surface area contributed by atoms with Crippen molar-refractivity contribution >= 4 is 17.7 Å². The van der Waals surface area contributed by atoms with Gasteiger partial charge in [0.1, 0.15) is 6.04 Å². The maximum absolute atomic E-state index is 12.9. The summed E-state index contributed by atoms with van der Waals surface area (Å²) in [6, 6.07) is 5.03. The van der Waals surface area contributed by atoms with E-state index in [0.29, 0.717) is 44.7 Å². The molecule has 2 fully saturated rings. The number of carbonyl (C=O) groups excluding carboxylic acids is 3. The van der Waals surface area contributed by atoms with E-state index < -0.39 is 17.6 Å². The van der Waals surface area contributed by atoms with Gasteiger partial charge in [0.2, 0.25) is 11.8 Å². The Morgan fingerprint density at radius 1 is 1.28 bits per heavy atom. The van der Waals surface area contributed by atoms with E-state index in [1.54, 1.807) is 11.0 Å². The number of β-amino-alcohol motifs (C(OH)–C–C–N with tert-alkyl or cyclic N) is 1. The molecule has 4 N–H and O–H groups in total. The number of imide groups is 1. The zero-order valence-corrected chi connectivity index (χ0v) is 16.9. The third kappa shape index (κ3) is 3.25. The van der Waals surface area contributed by atoms with Gasteiger partial charge in [0.05, 0.1) is 5.60 Å². The van der Waals surface area contributed by atoms with Crippen LogP contribution in [0.3, 0.4) is 0 Å².